The number of nitrogens with zero attached hydrogens (tertiary/aromatic N) is 1. The van der Waals surface area contributed by atoms with Gasteiger partial charge in [-0.05, 0) is 53.1 Å². The van der Waals surface area contributed by atoms with Crippen LogP contribution in [0.1, 0.15) is 59.3 Å². The molecule has 2 fully saturated rings. The molecule has 0 aromatic heterocycles. The van der Waals surface area contributed by atoms with Crippen LogP contribution < -0.4 is 5.32 Å². The third-order valence-electron chi connectivity index (χ3n) is 4.69. The number of nitrogens with one attached hydrogen (secondary N) is 1. The standard InChI is InChI=1S/C17H34N2O/c1-16(2,3)18-13-17(9-12-20-15-17)14-19-10-7-5-4-6-8-11-19/h18H,4-15H2,1-3H3. The van der Waals surface area contributed by atoms with Gasteiger partial charge in [-0.3, -0.25) is 0 Å². The van der Waals surface area contributed by atoms with E-state index in [2.05, 4.69) is 31.0 Å². The first-order valence-corrected chi connectivity index (χ1v) is 8.54. The number of ether oxygens (including phenoxy) is 1. The molecule has 2 aliphatic heterocycles. The fourth-order valence-electron chi connectivity index (χ4n) is 3.37. The van der Waals surface area contributed by atoms with E-state index in [4.69, 9.17) is 4.74 Å². The highest BCUT2D eigenvalue weighted by molar-refractivity contribution is 4.90. The normalized spacial score (nSPS) is 30.1. The van der Waals surface area contributed by atoms with Crippen LogP contribution in [-0.2, 0) is 4.74 Å². The van der Waals surface area contributed by atoms with Gasteiger partial charge >= 0.3 is 0 Å². The lowest BCUT2D eigenvalue weighted by Crippen LogP contribution is -2.49. The Bertz CT molecular complexity index is 271. The SMILES string of the molecule is CC(C)(C)NCC1(CN2CCCCCCC2)CCOC1. The van der Waals surface area contributed by atoms with E-state index in [0.29, 0.717) is 5.41 Å². The fourth-order valence-corrected chi connectivity index (χ4v) is 3.37. The lowest BCUT2D eigenvalue weighted by Gasteiger charge is -2.37. The smallest absolute Gasteiger partial charge is 0.0547 e. The highest BCUT2D eigenvalue weighted by Gasteiger charge is 2.37. The molecule has 20 heavy (non-hydrogen) atoms. The second-order valence-corrected chi connectivity index (χ2v) is 7.95. The topological polar surface area (TPSA) is 24.5 Å². The van der Waals surface area contributed by atoms with Crippen LogP contribution in [0.15, 0.2) is 0 Å². The molecular weight excluding hydrogens is 248 g/mol. The average Bonchev–Trinajstić information content (AvgIpc) is 2.79. The van der Waals surface area contributed by atoms with Crippen LogP contribution in [0.25, 0.3) is 0 Å². The average molecular weight is 282 g/mol. The second kappa shape index (κ2) is 7.24. The van der Waals surface area contributed by atoms with Crippen molar-refractivity contribution in [1.29, 1.82) is 0 Å². The van der Waals surface area contributed by atoms with Crippen LogP contribution in [-0.4, -0.2) is 49.8 Å². The van der Waals surface area contributed by atoms with Crippen molar-refractivity contribution < 1.29 is 4.74 Å². The quantitative estimate of drug-likeness (QED) is 0.858. The van der Waals surface area contributed by atoms with E-state index < -0.39 is 0 Å². The summed E-state index contributed by atoms with van der Waals surface area (Å²) < 4.78 is 5.76. The van der Waals surface area contributed by atoms with Crippen molar-refractivity contribution in [3.05, 3.63) is 0 Å². The summed E-state index contributed by atoms with van der Waals surface area (Å²) in [6.07, 6.45) is 8.24. The Balaban J connectivity index is 1.89. The van der Waals surface area contributed by atoms with Crippen LogP contribution in [0.3, 0.4) is 0 Å². The van der Waals surface area contributed by atoms with Crippen LogP contribution >= 0.6 is 0 Å². The molecule has 0 amide bonds. The largest absolute Gasteiger partial charge is 0.381 e. The molecule has 0 aliphatic carbocycles. The van der Waals surface area contributed by atoms with Gasteiger partial charge in [0, 0.05) is 30.7 Å². The number of hydrogen-bond donors (Lipinski definition) is 1. The van der Waals surface area contributed by atoms with E-state index in [1.807, 2.05) is 0 Å². The molecule has 2 rings (SSSR count). The molecule has 0 radical (unpaired) electrons. The van der Waals surface area contributed by atoms with Crippen LogP contribution in [0.4, 0.5) is 0 Å². The van der Waals surface area contributed by atoms with Crippen molar-refractivity contribution in [2.45, 2.75) is 64.8 Å². The zero-order chi connectivity index (χ0) is 14.5. The number of hydrogen-bond acceptors (Lipinski definition) is 3. The monoisotopic (exact) mass is 282 g/mol. The first kappa shape index (κ1) is 16.3. The molecule has 1 N–H and O–H groups in total. The maximum absolute atomic E-state index is 5.76. The van der Waals surface area contributed by atoms with E-state index in [1.165, 1.54) is 58.2 Å². The van der Waals surface area contributed by atoms with Gasteiger partial charge in [0.25, 0.3) is 0 Å². The Morgan fingerprint density at radius 1 is 1.05 bits per heavy atom. The minimum atomic E-state index is 0.200. The summed E-state index contributed by atoms with van der Waals surface area (Å²) >= 11 is 0. The van der Waals surface area contributed by atoms with E-state index in [0.717, 1.165) is 19.8 Å². The second-order valence-electron chi connectivity index (χ2n) is 7.95. The molecule has 0 aromatic rings. The van der Waals surface area contributed by atoms with E-state index in [9.17, 15) is 0 Å². The molecule has 0 bridgehead atoms. The van der Waals surface area contributed by atoms with Crippen molar-refractivity contribution in [2.75, 3.05) is 39.4 Å². The van der Waals surface area contributed by atoms with Crippen molar-refractivity contribution in [2.24, 2.45) is 5.41 Å². The minimum Gasteiger partial charge on any atom is -0.381 e. The summed E-state index contributed by atoms with van der Waals surface area (Å²) in [6, 6.07) is 0. The number of rotatable bonds is 4. The molecule has 0 spiro atoms. The molecule has 118 valence electrons. The van der Waals surface area contributed by atoms with Gasteiger partial charge in [0.15, 0.2) is 0 Å². The summed E-state index contributed by atoms with van der Waals surface area (Å²) in [5.41, 5.74) is 0.540. The van der Waals surface area contributed by atoms with Crippen molar-refractivity contribution in [3.8, 4) is 0 Å². The Labute approximate surface area is 125 Å². The van der Waals surface area contributed by atoms with Crippen molar-refractivity contribution >= 4 is 0 Å². The molecule has 3 heteroatoms. The highest BCUT2D eigenvalue weighted by atomic mass is 16.5. The summed E-state index contributed by atoms with van der Waals surface area (Å²) in [7, 11) is 0. The first-order valence-electron chi connectivity index (χ1n) is 8.54. The summed E-state index contributed by atoms with van der Waals surface area (Å²) in [6.45, 7) is 13.5. The predicted octanol–water partition coefficient (Wildman–Crippen LogP) is 3.05. The number of likely N-dealkylation sites (tertiary alicyclic amines) is 1. The Morgan fingerprint density at radius 2 is 1.70 bits per heavy atom. The van der Waals surface area contributed by atoms with Crippen LogP contribution in [0, 0.1) is 5.41 Å². The zero-order valence-electron chi connectivity index (χ0n) is 13.8. The third kappa shape index (κ3) is 5.34. The maximum atomic E-state index is 5.76. The molecule has 0 aromatic carbocycles. The van der Waals surface area contributed by atoms with Crippen LogP contribution in [0.2, 0.25) is 0 Å². The van der Waals surface area contributed by atoms with Gasteiger partial charge in [-0.2, -0.15) is 0 Å². The third-order valence-corrected chi connectivity index (χ3v) is 4.69. The van der Waals surface area contributed by atoms with Crippen molar-refractivity contribution in [1.82, 2.24) is 10.2 Å². The van der Waals surface area contributed by atoms with E-state index in [1.54, 1.807) is 0 Å². The summed E-state index contributed by atoms with van der Waals surface area (Å²) in [5, 5.41) is 3.72. The van der Waals surface area contributed by atoms with Gasteiger partial charge in [0.2, 0.25) is 0 Å². The maximum Gasteiger partial charge on any atom is 0.0547 e. The Kier molecular flexibility index (Phi) is 5.88. The molecule has 2 saturated heterocycles. The van der Waals surface area contributed by atoms with Gasteiger partial charge in [0.1, 0.15) is 0 Å². The van der Waals surface area contributed by atoms with E-state index in [-0.39, 0.29) is 5.54 Å². The molecule has 3 nitrogen and oxygen atoms in total. The minimum absolute atomic E-state index is 0.200. The van der Waals surface area contributed by atoms with Gasteiger partial charge in [-0.1, -0.05) is 19.3 Å². The van der Waals surface area contributed by atoms with Crippen molar-refractivity contribution in [3.63, 3.8) is 0 Å². The van der Waals surface area contributed by atoms with Gasteiger partial charge < -0.3 is 15.0 Å². The lowest BCUT2D eigenvalue weighted by atomic mass is 9.85. The van der Waals surface area contributed by atoms with Gasteiger partial charge in [-0.15, -0.1) is 0 Å². The Hall–Kier alpha value is -0.120. The Morgan fingerprint density at radius 3 is 2.25 bits per heavy atom. The molecular formula is C17H34N2O. The molecule has 1 unspecified atom stereocenters. The molecule has 0 saturated carbocycles. The van der Waals surface area contributed by atoms with Gasteiger partial charge in [0.05, 0.1) is 6.61 Å². The van der Waals surface area contributed by atoms with E-state index >= 15 is 0 Å². The van der Waals surface area contributed by atoms with Gasteiger partial charge in [-0.25, -0.2) is 0 Å². The zero-order valence-corrected chi connectivity index (χ0v) is 13.8. The van der Waals surface area contributed by atoms with Crippen LogP contribution in [0.5, 0.6) is 0 Å². The molecule has 2 heterocycles. The predicted molar refractivity (Wildman–Crippen MR) is 85.1 cm³/mol. The highest BCUT2D eigenvalue weighted by Crippen LogP contribution is 2.30. The lowest BCUT2D eigenvalue weighted by molar-refractivity contribution is 0.0983. The fraction of sp³-hybridized carbons (Fsp3) is 1.00. The molecule has 1 atom stereocenters. The first-order chi connectivity index (χ1) is 9.49. The summed E-state index contributed by atoms with van der Waals surface area (Å²) in [5.74, 6) is 0. The summed E-state index contributed by atoms with van der Waals surface area (Å²) in [4.78, 5) is 2.71. The molecule has 2 aliphatic rings.